The van der Waals surface area contributed by atoms with Gasteiger partial charge in [-0.05, 0) is 40.5 Å². The zero-order valence-electron chi connectivity index (χ0n) is 8.64. The number of rotatable bonds is 2. The Morgan fingerprint density at radius 2 is 2.25 bits per heavy atom. The van der Waals surface area contributed by atoms with E-state index in [1.165, 1.54) is 0 Å². The zero-order valence-corrected chi connectivity index (χ0v) is 11.0. The van der Waals surface area contributed by atoms with E-state index in [4.69, 9.17) is 18.0 Å². The van der Waals surface area contributed by atoms with E-state index in [0.717, 1.165) is 21.3 Å². The SMILES string of the molecule is Cc1ccc(C(N)=S)c(-n2cc(Br)cn2)c1. The fourth-order valence-electron chi connectivity index (χ4n) is 1.47. The monoisotopic (exact) mass is 295 g/mol. The van der Waals surface area contributed by atoms with Crippen LogP contribution in [0.5, 0.6) is 0 Å². The molecule has 82 valence electrons. The minimum atomic E-state index is 0.377. The smallest absolute Gasteiger partial charge is 0.106 e. The van der Waals surface area contributed by atoms with Crippen molar-refractivity contribution in [3.63, 3.8) is 0 Å². The maximum absolute atomic E-state index is 5.69. The van der Waals surface area contributed by atoms with Crippen LogP contribution in [0.25, 0.3) is 5.69 Å². The van der Waals surface area contributed by atoms with E-state index in [1.54, 1.807) is 10.9 Å². The second kappa shape index (κ2) is 4.35. The molecule has 16 heavy (non-hydrogen) atoms. The second-order valence-corrected chi connectivity index (χ2v) is 4.84. The maximum Gasteiger partial charge on any atom is 0.106 e. The van der Waals surface area contributed by atoms with Crippen LogP contribution >= 0.6 is 28.1 Å². The van der Waals surface area contributed by atoms with Crippen molar-refractivity contribution in [2.75, 3.05) is 0 Å². The molecule has 5 heteroatoms. The summed E-state index contributed by atoms with van der Waals surface area (Å²) in [5, 5.41) is 4.22. The summed E-state index contributed by atoms with van der Waals surface area (Å²) in [4.78, 5) is 0.377. The molecular formula is C11H10BrN3S. The third kappa shape index (κ3) is 2.15. The molecular weight excluding hydrogens is 286 g/mol. The summed E-state index contributed by atoms with van der Waals surface area (Å²) >= 11 is 8.39. The molecule has 0 aliphatic carbocycles. The van der Waals surface area contributed by atoms with Crippen molar-refractivity contribution in [1.29, 1.82) is 0 Å². The van der Waals surface area contributed by atoms with Gasteiger partial charge in [-0.1, -0.05) is 18.3 Å². The van der Waals surface area contributed by atoms with E-state index in [0.29, 0.717) is 4.99 Å². The molecule has 0 saturated heterocycles. The van der Waals surface area contributed by atoms with Gasteiger partial charge in [0, 0.05) is 11.8 Å². The lowest BCUT2D eigenvalue weighted by atomic mass is 10.1. The van der Waals surface area contributed by atoms with Crippen molar-refractivity contribution < 1.29 is 0 Å². The van der Waals surface area contributed by atoms with Crippen molar-refractivity contribution in [2.24, 2.45) is 5.73 Å². The second-order valence-electron chi connectivity index (χ2n) is 3.49. The Kier molecular flexibility index (Phi) is 3.07. The van der Waals surface area contributed by atoms with Gasteiger partial charge in [0.15, 0.2) is 0 Å². The fraction of sp³-hybridized carbons (Fsp3) is 0.0909. The molecule has 0 aliphatic rings. The Balaban J connectivity index is 2.62. The molecule has 0 amide bonds. The molecule has 0 spiro atoms. The van der Waals surface area contributed by atoms with Crippen LogP contribution in [0.1, 0.15) is 11.1 Å². The lowest BCUT2D eigenvalue weighted by Crippen LogP contribution is -2.13. The zero-order chi connectivity index (χ0) is 11.7. The van der Waals surface area contributed by atoms with Crippen molar-refractivity contribution in [3.8, 4) is 5.69 Å². The van der Waals surface area contributed by atoms with Gasteiger partial charge in [0.25, 0.3) is 0 Å². The standard InChI is InChI=1S/C11H10BrN3S/c1-7-2-3-9(11(13)16)10(4-7)15-6-8(12)5-14-15/h2-6H,1H3,(H2,13,16). The van der Waals surface area contributed by atoms with Gasteiger partial charge in [0.05, 0.1) is 16.4 Å². The number of nitrogens with zero attached hydrogens (tertiary/aromatic N) is 2. The number of hydrogen-bond acceptors (Lipinski definition) is 2. The first-order valence-electron chi connectivity index (χ1n) is 4.69. The van der Waals surface area contributed by atoms with Gasteiger partial charge in [-0.3, -0.25) is 0 Å². The first-order chi connectivity index (χ1) is 7.58. The van der Waals surface area contributed by atoms with Crippen molar-refractivity contribution in [2.45, 2.75) is 6.92 Å². The Labute approximate surface area is 107 Å². The lowest BCUT2D eigenvalue weighted by Gasteiger charge is -2.09. The molecule has 2 aromatic rings. The number of aromatic nitrogens is 2. The summed E-state index contributed by atoms with van der Waals surface area (Å²) < 4.78 is 2.67. The highest BCUT2D eigenvalue weighted by atomic mass is 79.9. The number of benzene rings is 1. The average Bonchev–Trinajstić information content (AvgIpc) is 2.64. The molecule has 2 rings (SSSR count). The molecule has 0 saturated carbocycles. The molecule has 1 heterocycles. The van der Waals surface area contributed by atoms with Gasteiger partial charge in [0.2, 0.25) is 0 Å². The fourth-order valence-corrected chi connectivity index (χ4v) is 1.93. The van der Waals surface area contributed by atoms with E-state index in [9.17, 15) is 0 Å². The van der Waals surface area contributed by atoms with Crippen LogP contribution < -0.4 is 5.73 Å². The minimum absolute atomic E-state index is 0.377. The van der Waals surface area contributed by atoms with E-state index in [2.05, 4.69) is 21.0 Å². The normalized spacial score (nSPS) is 10.4. The van der Waals surface area contributed by atoms with Crippen molar-refractivity contribution >= 4 is 33.1 Å². The molecule has 0 aliphatic heterocycles. The van der Waals surface area contributed by atoms with E-state index in [-0.39, 0.29) is 0 Å². The Hall–Kier alpha value is -1.20. The highest BCUT2D eigenvalue weighted by Gasteiger charge is 2.08. The van der Waals surface area contributed by atoms with Crippen LogP contribution in [0, 0.1) is 6.92 Å². The van der Waals surface area contributed by atoms with Gasteiger partial charge >= 0.3 is 0 Å². The topological polar surface area (TPSA) is 43.8 Å². The molecule has 0 bridgehead atoms. The van der Waals surface area contributed by atoms with Gasteiger partial charge in [-0.25, -0.2) is 4.68 Å². The Bertz CT molecular complexity index is 548. The lowest BCUT2D eigenvalue weighted by molar-refractivity contribution is 0.877. The third-order valence-electron chi connectivity index (χ3n) is 2.22. The van der Waals surface area contributed by atoms with Gasteiger partial charge in [-0.15, -0.1) is 0 Å². The minimum Gasteiger partial charge on any atom is -0.389 e. The van der Waals surface area contributed by atoms with Crippen LogP contribution in [0.2, 0.25) is 0 Å². The van der Waals surface area contributed by atoms with Gasteiger partial charge < -0.3 is 5.73 Å². The van der Waals surface area contributed by atoms with Crippen LogP contribution in [0.15, 0.2) is 35.1 Å². The predicted molar refractivity (Wildman–Crippen MR) is 71.9 cm³/mol. The molecule has 0 fully saturated rings. The third-order valence-corrected chi connectivity index (χ3v) is 2.85. The molecule has 1 aromatic carbocycles. The summed E-state index contributed by atoms with van der Waals surface area (Å²) in [5.41, 5.74) is 8.56. The van der Waals surface area contributed by atoms with Crippen LogP contribution in [0.3, 0.4) is 0 Å². The number of nitrogens with two attached hydrogens (primary N) is 1. The number of halogens is 1. The number of hydrogen-bond donors (Lipinski definition) is 1. The molecule has 0 radical (unpaired) electrons. The summed E-state index contributed by atoms with van der Waals surface area (Å²) in [5.74, 6) is 0. The first kappa shape index (κ1) is 11.3. The van der Waals surface area contributed by atoms with Crippen LogP contribution in [-0.4, -0.2) is 14.8 Å². The largest absolute Gasteiger partial charge is 0.389 e. The van der Waals surface area contributed by atoms with Crippen molar-refractivity contribution in [1.82, 2.24) is 9.78 Å². The van der Waals surface area contributed by atoms with Gasteiger partial charge in [0.1, 0.15) is 4.99 Å². The summed E-state index contributed by atoms with van der Waals surface area (Å²) in [6, 6.07) is 5.91. The first-order valence-corrected chi connectivity index (χ1v) is 5.89. The van der Waals surface area contributed by atoms with E-state index in [1.807, 2.05) is 31.3 Å². The Morgan fingerprint density at radius 3 is 2.81 bits per heavy atom. The highest BCUT2D eigenvalue weighted by Crippen LogP contribution is 2.18. The van der Waals surface area contributed by atoms with E-state index < -0.39 is 0 Å². The quantitative estimate of drug-likeness (QED) is 0.866. The molecule has 1 aromatic heterocycles. The summed E-state index contributed by atoms with van der Waals surface area (Å²) in [7, 11) is 0. The van der Waals surface area contributed by atoms with Gasteiger partial charge in [-0.2, -0.15) is 5.10 Å². The van der Waals surface area contributed by atoms with Crippen LogP contribution in [-0.2, 0) is 0 Å². The molecule has 3 nitrogen and oxygen atoms in total. The van der Waals surface area contributed by atoms with Crippen LogP contribution in [0.4, 0.5) is 0 Å². The maximum atomic E-state index is 5.69. The Morgan fingerprint density at radius 1 is 1.50 bits per heavy atom. The highest BCUT2D eigenvalue weighted by molar-refractivity contribution is 9.10. The van der Waals surface area contributed by atoms with Crippen molar-refractivity contribution in [3.05, 3.63) is 46.2 Å². The molecule has 0 atom stereocenters. The average molecular weight is 296 g/mol. The number of thiocarbonyl (C=S) groups is 1. The number of aryl methyl sites for hydroxylation is 1. The molecule has 2 N–H and O–H groups in total. The predicted octanol–water partition coefficient (Wildman–Crippen LogP) is 2.58. The summed E-state index contributed by atoms with van der Waals surface area (Å²) in [6.07, 6.45) is 3.60. The summed E-state index contributed by atoms with van der Waals surface area (Å²) in [6.45, 7) is 2.02. The molecule has 0 unspecified atom stereocenters. The van der Waals surface area contributed by atoms with E-state index >= 15 is 0 Å².